The van der Waals surface area contributed by atoms with Crippen molar-refractivity contribution >= 4 is 29.2 Å². The smallest absolute Gasteiger partial charge is 0.251 e. The summed E-state index contributed by atoms with van der Waals surface area (Å²) in [5.74, 6) is -0.777. The maximum atomic E-state index is 13.8. The fourth-order valence-corrected chi connectivity index (χ4v) is 5.50. The van der Waals surface area contributed by atoms with Gasteiger partial charge in [0.15, 0.2) is 5.78 Å². The van der Waals surface area contributed by atoms with Gasteiger partial charge >= 0.3 is 0 Å². The summed E-state index contributed by atoms with van der Waals surface area (Å²) in [6.45, 7) is 8.16. The summed E-state index contributed by atoms with van der Waals surface area (Å²) in [7, 11) is 0. The first kappa shape index (κ1) is 24.4. The Hall–Kier alpha value is -2.74. The number of hydrogen-bond donors (Lipinski definition) is 2. The van der Waals surface area contributed by atoms with Crippen molar-refractivity contribution in [2.45, 2.75) is 71.6 Å². The topological polar surface area (TPSA) is 105 Å². The maximum absolute atomic E-state index is 13.8. The molecule has 3 fully saturated rings. The Morgan fingerprint density at radius 2 is 1.76 bits per heavy atom. The van der Waals surface area contributed by atoms with E-state index in [2.05, 4.69) is 17.6 Å². The second kappa shape index (κ2) is 9.49. The zero-order chi connectivity index (χ0) is 24.6. The molecule has 1 aromatic rings. The van der Waals surface area contributed by atoms with Gasteiger partial charge in [-0.3, -0.25) is 19.2 Å². The molecule has 34 heavy (non-hydrogen) atoms. The zero-order valence-corrected chi connectivity index (χ0v) is 20.4. The molecule has 2 saturated heterocycles. The average Bonchev–Trinajstić information content (AvgIpc) is 3.50. The Morgan fingerprint density at radius 1 is 1.12 bits per heavy atom. The first-order chi connectivity index (χ1) is 16.1. The van der Waals surface area contributed by atoms with Crippen LogP contribution in [0.5, 0.6) is 0 Å². The third-order valence-corrected chi connectivity index (χ3v) is 7.63. The Bertz CT molecular complexity index is 967. The van der Waals surface area contributed by atoms with E-state index in [9.17, 15) is 19.2 Å². The number of likely N-dealkylation sites (tertiary alicyclic amines) is 1. The van der Waals surface area contributed by atoms with E-state index in [1.165, 1.54) is 0 Å². The Kier molecular flexibility index (Phi) is 6.80. The van der Waals surface area contributed by atoms with Crippen molar-refractivity contribution in [3.05, 3.63) is 29.8 Å². The lowest BCUT2D eigenvalue weighted by Crippen LogP contribution is -2.57. The van der Waals surface area contributed by atoms with Crippen LogP contribution in [0, 0.1) is 17.3 Å². The molecule has 1 aromatic carbocycles. The summed E-state index contributed by atoms with van der Waals surface area (Å²) in [6, 6.07) is 5.38. The predicted molar refractivity (Wildman–Crippen MR) is 127 cm³/mol. The number of rotatable bonds is 6. The van der Waals surface area contributed by atoms with Crippen molar-refractivity contribution in [2.75, 3.05) is 18.5 Å². The molecule has 4 rings (SSSR count). The van der Waals surface area contributed by atoms with E-state index in [1.54, 1.807) is 29.2 Å². The Labute approximate surface area is 200 Å². The van der Waals surface area contributed by atoms with Gasteiger partial charge < -0.3 is 20.3 Å². The summed E-state index contributed by atoms with van der Waals surface area (Å²) < 4.78 is 5.66. The third kappa shape index (κ3) is 4.60. The molecule has 3 aliphatic rings. The van der Waals surface area contributed by atoms with Gasteiger partial charge in [0, 0.05) is 29.6 Å². The summed E-state index contributed by atoms with van der Waals surface area (Å²) in [5, 5.41) is 5.82. The standard InChI is InChI=1S/C26H35N3O5/c1-15(2)23(31)27-18-9-7-17(8-10-18)24(32)28-22(26(4)11-5-6-12-26)25(33)29-13-16(3)21-20(29)19(30)14-34-21/h7-10,15-16,20-22H,5-6,11-14H2,1-4H3,(H,27,31)(H,28,32)/t16-,20+,21+,22+/m0/s1. The highest BCUT2D eigenvalue weighted by atomic mass is 16.5. The zero-order valence-electron chi connectivity index (χ0n) is 20.4. The van der Waals surface area contributed by atoms with Crippen molar-refractivity contribution in [1.82, 2.24) is 10.2 Å². The molecule has 2 N–H and O–H groups in total. The number of ether oxygens (including phenoxy) is 1. The molecule has 3 amide bonds. The highest BCUT2D eigenvalue weighted by Gasteiger charge is 2.54. The van der Waals surface area contributed by atoms with Crippen LogP contribution in [-0.2, 0) is 19.1 Å². The van der Waals surface area contributed by atoms with Crippen LogP contribution < -0.4 is 10.6 Å². The largest absolute Gasteiger partial charge is 0.367 e. The fraction of sp³-hybridized carbons (Fsp3) is 0.615. The number of nitrogens with one attached hydrogen (secondary N) is 2. The highest BCUT2D eigenvalue weighted by molar-refractivity contribution is 6.00. The minimum atomic E-state index is -0.720. The Balaban J connectivity index is 1.53. The van der Waals surface area contributed by atoms with E-state index in [0.717, 1.165) is 25.7 Å². The van der Waals surface area contributed by atoms with Gasteiger partial charge in [-0.15, -0.1) is 0 Å². The van der Waals surface area contributed by atoms with E-state index in [1.807, 2.05) is 20.8 Å². The van der Waals surface area contributed by atoms with Gasteiger partial charge in [0.05, 0.1) is 6.10 Å². The molecule has 0 bridgehead atoms. The summed E-state index contributed by atoms with van der Waals surface area (Å²) in [6.07, 6.45) is 3.42. The van der Waals surface area contributed by atoms with Crippen LogP contribution >= 0.6 is 0 Å². The number of anilines is 1. The lowest BCUT2D eigenvalue weighted by Gasteiger charge is -2.37. The molecule has 1 aliphatic carbocycles. The average molecular weight is 470 g/mol. The van der Waals surface area contributed by atoms with Crippen LogP contribution in [0.3, 0.4) is 0 Å². The summed E-state index contributed by atoms with van der Waals surface area (Å²) in [5.41, 5.74) is 0.652. The van der Waals surface area contributed by atoms with Crippen LogP contribution in [0.15, 0.2) is 24.3 Å². The lowest BCUT2D eigenvalue weighted by molar-refractivity contribution is -0.140. The van der Waals surface area contributed by atoms with Crippen LogP contribution in [0.1, 0.15) is 63.7 Å². The molecule has 8 nitrogen and oxygen atoms in total. The number of nitrogens with zero attached hydrogens (tertiary/aromatic N) is 1. The number of fused-ring (bicyclic) bond motifs is 1. The predicted octanol–water partition coefficient (Wildman–Crippen LogP) is 2.77. The highest BCUT2D eigenvalue weighted by Crippen LogP contribution is 2.42. The first-order valence-corrected chi connectivity index (χ1v) is 12.3. The normalized spacial score (nSPS) is 26.4. The molecular weight excluding hydrogens is 434 g/mol. The van der Waals surface area contributed by atoms with Crippen LogP contribution in [-0.4, -0.2) is 59.7 Å². The summed E-state index contributed by atoms with van der Waals surface area (Å²) >= 11 is 0. The second-order valence-electron chi connectivity index (χ2n) is 10.6. The monoisotopic (exact) mass is 469 g/mol. The molecule has 2 heterocycles. The first-order valence-electron chi connectivity index (χ1n) is 12.3. The number of Topliss-reactive ketones (excluding diaryl/α,β-unsaturated/α-hetero) is 1. The van der Waals surface area contributed by atoms with Crippen LogP contribution in [0.4, 0.5) is 5.69 Å². The lowest BCUT2D eigenvalue weighted by atomic mass is 9.79. The van der Waals surface area contributed by atoms with Gasteiger partial charge in [0.1, 0.15) is 18.7 Å². The third-order valence-electron chi connectivity index (χ3n) is 7.63. The minimum Gasteiger partial charge on any atom is -0.367 e. The molecule has 2 aliphatic heterocycles. The molecular formula is C26H35N3O5. The van der Waals surface area contributed by atoms with Gasteiger partial charge in [0.25, 0.3) is 5.91 Å². The van der Waals surface area contributed by atoms with E-state index in [-0.39, 0.29) is 53.5 Å². The molecule has 8 heteroatoms. The van der Waals surface area contributed by atoms with E-state index < -0.39 is 12.1 Å². The van der Waals surface area contributed by atoms with Gasteiger partial charge in [-0.1, -0.05) is 40.5 Å². The van der Waals surface area contributed by atoms with Gasteiger partial charge in [-0.2, -0.15) is 0 Å². The van der Waals surface area contributed by atoms with Gasteiger partial charge in [-0.25, -0.2) is 0 Å². The van der Waals surface area contributed by atoms with E-state index in [4.69, 9.17) is 4.74 Å². The molecule has 184 valence electrons. The molecule has 0 unspecified atom stereocenters. The molecule has 0 radical (unpaired) electrons. The van der Waals surface area contributed by atoms with Gasteiger partial charge in [-0.05, 0) is 42.5 Å². The second-order valence-corrected chi connectivity index (χ2v) is 10.6. The minimum absolute atomic E-state index is 0.0391. The molecule has 0 spiro atoms. The molecule has 1 saturated carbocycles. The van der Waals surface area contributed by atoms with Gasteiger partial charge in [0.2, 0.25) is 11.8 Å². The number of benzene rings is 1. The Morgan fingerprint density at radius 3 is 2.38 bits per heavy atom. The van der Waals surface area contributed by atoms with Crippen LogP contribution in [0.2, 0.25) is 0 Å². The van der Waals surface area contributed by atoms with Crippen molar-refractivity contribution in [3.63, 3.8) is 0 Å². The summed E-state index contributed by atoms with van der Waals surface area (Å²) in [4.78, 5) is 53.1. The molecule has 0 aromatic heterocycles. The van der Waals surface area contributed by atoms with Crippen molar-refractivity contribution in [1.29, 1.82) is 0 Å². The van der Waals surface area contributed by atoms with E-state index >= 15 is 0 Å². The van der Waals surface area contributed by atoms with Crippen molar-refractivity contribution in [3.8, 4) is 0 Å². The number of carbonyl (C=O) groups is 4. The molecule has 4 atom stereocenters. The van der Waals surface area contributed by atoms with E-state index in [0.29, 0.717) is 17.8 Å². The van der Waals surface area contributed by atoms with Crippen LogP contribution in [0.25, 0.3) is 0 Å². The number of ketones is 1. The maximum Gasteiger partial charge on any atom is 0.251 e. The number of carbonyl (C=O) groups excluding carboxylic acids is 4. The number of amides is 3. The van der Waals surface area contributed by atoms with Crippen molar-refractivity contribution < 1.29 is 23.9 Å². The fourth-order valence-electron chi connectivity index (χ4n) is 5.50. The number of hydrogen-bond acceptors (Lipinski definition) is 5. The quantitative estimate of drug-likeness (QED) is 0.667. The SMILES string of the molecule is CC(C)C(=O)Nc1ccc(C(=O)N[C@H](C(=O)N2C[C@H](C)[C@H]3OCC(=O)[C@H]32)C2(C)CCCC2)cc1. The van der Waals surface area contributed by atoms with Crippen molar-refractivity contribution in [2.24, 2.45) is 17.3 Å².